The van der Waals surface area contributed by atoms with E-state index in [2.05, 4.69) is 9.88 Å². The lowest BCUT2D eigenvalue weighted by atomic mass is 10.3. The second-order valence-corrected chi connectivity index (χ2v) is 9.30. The monoisotopic (exact) mass is 566 g/mol. The minimum Gasteiger partial charge on any atom is -0.492 e. The maximum atomic E-state index is 11.7. The van der Waals surface area contributed by atoms with Gasteiger partial charge in [-0.2, -0.15) is 0 Å². The van der Waals surface area contributed by atoms with Crippen LogP contribution in [-0.4, -0.2) is 106 Å². The molecule has 37 heavy (non-hydrogen) atoms. The second kappa shape index (κ2) is 22.6. The van der Waals surface area contributed by atoms with E-state index in [4.69, 9.17) is 32.1 Å². The zero-order chi connectivity index (χ0) is 27.1. The summed E-state index contributed by atoms with van der Waals surface area (Å²) in [5.41, 5.74) is 1.31. The van der Waals surface area contributed by atoms with E-state index in [0.717, 1.165) is 0 Å². The van der Waals surface area contributed by atoms with Gasteiger partial charge in [0.05, 0.1) is 51.0 Å². The average molecular weight is 567 g/mol. The molecule has 214 valence electrons. The molecule has 0 amide bonds. The molecule has 1 rings (SSSR count). The molecular formula is C24H42N2O9S2. The molecule has 1 atom stereocenters. The van der Waals surface area contributed by atoms with Crippen molar-refractivity contribution in [3.05, 3.63) is 23.5 Å². The molecule has 1 aromatic heterocycles. The van der Waals surface area contributed by atoms with Crippen LogP contribution in [0.3, 0.4) is 0 Å². The largest absolute Gasteiger partial charge is 0.492 e. The van der Waals surface area contributed by atoms with E-state index in [1.165, 1.54) is 18.3 Å². The number of hydrogen-bond acceptors (Lipinski definition) is 12. The normalized spacial score (nSPS) is 12.1. The van der Waals surface area contributed by atoms with Crippen molar-refractivity contribution >= 4 is 29.1 Å². The predicted molar refractivity (Wildman–Crippen MR) is 143 cm³/mol. The quantitative estimate of drug-likeness (QED) is 0.104. The summed E-state index contributed by atoms with van der Waals surface area (Å²) in [5.74, 6) is 0.439. The van der Waals surface area contributed by atoms with Gasteiger partial charge in [0.15, 0.2) is 11.1 Å². The third-order valence-electron chi connectivity index (χ3n) is 4.79. The highest BCUT2D eigenvalue weighted by atomic mass is 32.2. The van der Waals surface area contributed by atoms with Gasteiger partial charge in [0.25, 0.3) is 0 Å². The predicted octanol–water partition coefficient (Wildman–Crippen LogP) is 2.39. The molecule has 13 heteroatoms. The number of carbonyl (C=O) groups excluding carboxylic acids is 1. The van der Waals surface area contributed by atoms with E-state index >= 15 is 0 Å². The van der Waals surface area contributed by atoms with Gasteiger partial charge in [0.1, 0.15) is 25.6 Å². The molecule has 11 nitrogen and oxygen atoms in total. The first kappa shape index (κ1) is 33.7. The van der Waals surface area contributed by atoms with Gasteiger partial charge in [0, 0.05) is 51.3 Å². The number of carbonyl (C=O) groups is 1. The van der Waals surface area contributed by atoms with Crippen LogP contribution in [0.15, 0.2) is 12.1 Å². The van der Waals surface area contributed by atoms with E-state index in [9.17, 15) is 9.00 Å². The molecule has 0 N–H and O–H groups in total. The molecule has 0 fully saturated rings. The van der Waals surface area contributed by atoms with Crippen molar-refractivity contribution < 1.29 is 41.1 Å². The zero-order valence-corrected chi connectivity index (χ0v) is 24.1. The third-order valence-corrected chi connectivity index (χ3v) is 5.60. The second-order valence-electron chi connectivity index (χ2n) is 7.69. The van der Waals surface area contributed by atoms with Gasteiger partial charge in [-0.25, -0.2) is 4.21 Å². The molecule has 1 heterocycles. The molecule has 0 spiro atoms. The zero-order valence-electron chi connectivity index (χ0n) is 22.4. The first-order valence-corrected chi connectivity index (χ1v) is 14.9. The highest BCUT2D eigenvalue weighted by Crippen LogP contribution is 2.17. The van der Waals surface area contributed by atoms with Crippen LogP contribution in [0.1, 0.15) is 31.2 Å². The lowest BCUT2D eigenvalue weighted by molar-refractivity contribution is -0.143. The summed E-state index contributed by atoms with van der Waals surface area (Å²) < 4.78 is 49.0. The number of hydrogen-bond donors (Lipinski definition) is 0. The van der Waals surface area contributed by atoms with E-state index in [1.54, 1.807) is 20.1 Å². The minimum absolute atomic E-state index is 0.110. The standard InChI is InChI=1S/C24H42N2O9S2/c1-5-32-24(27)7-6-8-26(9-11-30-15-16-31-14-13-29-2)10-12-33-23-17-21(19-34-36-3)25-22(18-23)20-35-37(4)28/h17-18H,5-16,19-20H2,1-4H3. The molecule has 0 bridgehead atoms. The number of pyridine rings is 1. The Kier molecular flexibility index (Phi) is 20.6. The highest BCUT2D eigenvalue weighted by Gasteiger charge is 2.10. The average Bonchev–Trinajstić information content (AvgIpc) is 2.87. The van der Waals surface area contributed by atoms with E-state index in [1.807, 2.05) is 12.3 Å². The topological polar surface area (TPSA) is 115 Å². The van der Waals surface area contributed by atoms with E-state index < -0.39 is 11.1 Å². The maximum absolute atomic E-state index is 11.7. The van der Waals surface area contributed by atoms with Gasteiger partial charge in [-0.05, 0) is 31.9 Å². The van der Waals surface area contributed by atoms with E-state index in [0.29, 0.717) is 102 Å². The lowest BCUT2D eigenvalue weighted by Crippen LogP contribution is -2.33. The molecule has 0 radical (unpaired) electrons. The Labute approximate surface area is 227 Å². The molecule has 0 saturated carbocycles. The van der Waals surface area contributed by atoms with Crippen LogP contribution in [0.5, 0.6) is 5.75 Å². The number of rotatable bonds is 24. The van der Waals surface area contributed by atoms with Gasteiger partial charge < -0.3 is 27.9 Å². The van der Waals surface area contributed by atoms with E-state index in [-0.39, 0.29) is 12.6 Å². The molecule has 0 aliphatic carbocycles. The fraction of sp³-hybridized carbons (Fsp3) is 0.750. The fourth-order valence-corrected chi connectivity index (χ4v) is 3.60. The Bertz CT molecular complexity index is 759. The molecule has 0 aromatic carbocycles. The molecule has 0 aliphatic heterocycles. The van der Waals surface area contributed by atoms with Crippen LogP contribution >= 0.6 is 12.0 Å². The summed E-state index contributed by atoms with van der Waals surface area (Å²) in [5, 5.41) is 0. The van der Waals surface area contributed by atoms with Gasteiger partial charge in [-0.3, -0.25) is 18.9 Å². The van der Waals surface area contributed by atoms with Crippen LogP contribution in [0.25, 0.3) is 0 Å². The summed E-state index contributed by atoms with van der Waals surface area (Å²) in [4.78, 5) is 18.4. The summed E-state index contributed by atoms with van der Waals surface area (Å²) >= 11 is -0.142. The molecule has 0 aliphatic rings. The number of esters is 1. The summed E-state index contributed by atoms with van der Waals surface area (Å²) in [6.07, 6.45) is 4.34. The summed E-state index contributed by atoms with van der Waals surface area (Å²) in [6.45, 7) is 7.72. The van der Waals surface area contributed by atoms with Crippen molar-refractivity contribution in [2.45, 2.75) is 33.0 Å². The Hall–Kier alpha value is -1.32. The van der Waals surface area contributed by atoms with Gasteiger partial charge >= 0.3 is 5.97 Å². The summed E-state index contributed by atoms with van der Waals surface area (Å²) in [6, 6.07) is 3.59. The van der Waals surface area contributed by atoms with Crippen molar-refractivity contribution in [2.24, 2.45) is 0 Å². The molecule has 1 unspecified atom stereocenters. The van der Waals surface area contributed by atoms with Crippen molar-refractivity contribution in [1.29, 1.82) is 0 Å². The van der Waals surface area contributed by atoms with Crippen LogP contribution in [0.4, 0.5) is 0 Å². The first-order chi connectivity index (χ1) is 18.0. The summed E-state index contributed by atoms with van der Waals surface area (Å²) in [7, 11) is 1.64. The van der Waals surface area contributed by atoms with Crippen molar-refractivity contribution in [3.63, 3.8) is 0 Å². The number of ether oxygens (including phenoxy) is 5. The SMILES string of the molecule is CCOC(=O)CCCN(CCOCCOCCOC)CCOc1cc(COSC)nc(COS(C)=O)c1. The smallest absolute Gasteiger partial charge is 0.305 e. The third kappa shape index (κ3) is 18.6. The first-order valence-electron chi connectivity index (χ1n) is 12.3. The number of methoxy groups -OCH3 is 1. The highest BCUT2D eigenvalue weighted by molar-refractivity contribution is 7.93. The van der Waals surface area contributed by atoms with Crippen LogP contribution in [0, 0.1) is 0 Å². The van der Waals surface area contributed by atoms with Crippen molar-refractivity contribution in [2.75, 3.05) is 85.5 Å². The van der Waals surface area contributed by atoms with Gasteiger partial charge in [-0.1, -0.05) is 0 Å². The van der Waals surface area contributed by atoms with Crippen molar-refractivity contribution in [1.82, 2.24) is 9.88 Å². The maximum Gasteiger partial charge on any atom is 0.305 e. The Morgan fingerprint density at radius 3 is 2.35 bits per heavy atom. The lowest BCUT2D eigenvalue weighted by Gasteiger charge is -2.22. The Morgan fingerprint density at radius 1 is 1.00 bits per heavy atom. The van der Waals surface area contributed by atoms with Gasteiger partial charge in [-0.15, -0.1) is 0 Å². The molecule has 0 saturated heterocycles. The van der Waals surface area contributed by atoms with Crippen LogP contribution in [-0.2, 0) is 56.4 Å². The number of aromatic nitrogens is 1. The fourth-order valence-electron chi connectivity index (χ4n) is 3.08. The minimum atomic E-state index is -1.39. The number of nitrogens with zero attached hydrogens (tertiary/aromatic N) is 2. The van der Waals surface area contributed by atoms with Gasteiger partial charge in [0.2, 0.25) is 0 Å². The molecular weight excluding hydrogens is 524 g/mol. The Balaban J connectivity index is 2.60. The molecule has 1 aromatic rings. The van der Waals surface area contributed by atoms with Crippen LogP contribution < -0.4 is 4.74 Å². The Morgan fingerprint density at radius 2 is 1.68 bits per heavy atom. The van der Waals surface area contributed by atoms with Crippen LogP contribution in [0.2, 0.25) is 0 Å². The van der Waals surface area contributed by atoms with Crippen molar-refractivity contribution in [3.8, 4) is 5.75 Å².